The Balaban J connectivity index is 5.30. The zero-order chi connectivity index (χ0) is 73.5. The number of phosphoric ester groups is 2. The fourth-order valence-electron chi connectivity index (χ4n) is 12.0. The van der Waals surface area contributed by atoms with Crippen LogP contribution >= 0.6 is 15.6 Å². The molecule has 0 aliphatic carbocycles. The monoisotopic (exact) mass is 1460 g/mol. The van der Waals surface area contributed by atoms with Gasteiger partial charge < -0.3 is 33.8 Å². The third-order valence-electron chi connectivity index (χ3n) is 18.7. The van der Waals surface area contributed by atoms with Crippen LogP contribution in [0.4, 0.5) is 0 Å². The van der Waals surface area contributed by atoms with Gasteiger partial charge in [0.15, 0.2) is 12.2 Å². The first-order valence-corrected chi connectivity index (χ1v) is 44.3. The average molecular weight is 1460 g/mol. The summed E-state index contributed by atoms with van der Waals surface area (Å²) in [6, 6.07) is 0. The van der Waals surface area contributed by atoms with E-state index in [-0.39, 0.29) is 25.7 Å². The van der Waals surface area contributed by atoms with Crippen LogP contribution in [0.15, 0.2) is 24.3 Å². The zero-order valence-corrected chi connectivity index (χ0v) is 66.8. The van der Waals surface area contributed by atoms with Crippen molar-refractivity contribution in [3.63, 3.8) is 0 Å². The number of ether oxygens (including phenoxy) is 4. The second-order valence-corrected chi connectivity index (χ2v) is 32.1. The van der Waals surface area contributed by atoms with E-state index in [4.69, 9.17) is 37.0 Å². The predicted molar refractivity (Wildman–Crippen MR) is 409 cm³/mol. The van der Waals surface area contributed by atoms with Gasteiger partial charge in [-0.25, -0.2) is 9.13 Å². The van der Waals surface area contributed by atoms with Gasteiger partial charge in [-0.2, -0.15) is 0 Å². The molecule has 0 saturated carbocycles. The van der Waals surface area contributed by atoms with Crippen molar-refractivity contribution in [1.82, 2.24) is 0 Å². The molecule has 0 heterocycles. The van der Waals surface area contributed by atoms with Gasteiger partial charge in [-0.15, -0.1) is 0 Å². The summed E-state index contributed by atoms with van der Waals surface area (Å²) in [6.07, 6.45) is 64.4. The molecule has 0 bridgehead atoms. The summed E-state index contributed by atoms with van der Waals surface area (Å²) < 4.78 is 68.7. The fourth-order valence-corrected chi connectivity index (χ4v) is 13.5. The Morgan fingerprint density at radius 2 is 0.590 bits per heavy atom. The molecule has 19 heteroatoms. The number of hydrogen-bond acceptors (Lipinski definition) is 15. The van der Waals surface area contributed by atoms with Gasteiger partial charge in [-0.05, 0) is 63.2 Å². The normalized spacial score (nSPS) is 14.3. The molecule has 3 N–H and O–H groups in total. The Morgan fingerprint density at radius 3 is 0.900 bits per heavy atom. The molecular weight excluding hydrogens is 1310 g/mol. The Morgan fingerprint density at radius 1 is 0.330 bits per heavy atom. The molecule has 0 aromatic rings. The maximum absolute atomic E-state index is 13.1. The number of hydrogen-bond donors (Lipinski definition) is 3. The van der Waals surface area contributed by atoms with Crippen LogP contribution in [0, 0.1) is 11.8 Å². The van der Waals surface area contributed by atoms with E-state index in [1.54, 1.807) is 0 Å². The van der Waals surface area contributed by atoms with E-state index in [0.717, 1.165) is 121 Å². The highest BCUT2D eigenvalue weighted by Crippen LogP contribution is 2.45. The van der Waals surface area contributed by atoms with Crippen molar-refractivity contribution in [2.45, 2.75) is 419 Å². The predicted octanol–water partition coefficient (Wildman–Crippen LogP) is 23.8. The van der Waals surface area contributed by atoms with Crippen LogP contribution in [0.25, 0.3) is 0 Å². The number of phosphoric acid groups is 2. The third-order valence-corrected chi connectivity index (χ3v) is 20.6. The van der Waals surface area contributed by atoms with E-state index in [1.165, 1.54) is 199 Å². The molecule has 0 aliphatic heterocycles. The number of allylic oxidation sites excluding steroid dienone is 4. The first-order valence-electron chi connectivity index (χ1n) is 41.3. The molecule has 0 radical (unpaired) electrons. The number of carbonyl (C=O) groups is 4. The van der Waals surface area contributed by atoms with Gasteiger partial charge in [0, 0.05) is 25.7 Å². The molecule has 0 spiro atoms. The molecule has 17 nitrogen and oxygen atoms in total. The molecule has 0 rings (SSSR count). The summed E-state index contributed by atoms with van der Waals surface area (Å²) in [5.74, 6) is -0.530. The molecule has 3 unspecified atom stereocenters. The molecule has 0 aromatic heterocycles. The lowest BCUT2D eigenvalue weighted by atomic mass is 9.99. The lowest BCUT2D eigenvalue weighted by Gasteiger charge is -2.21. The molecule has 0 amide bonds. The van der Waals surface area contributed by atoms with Gasteiger partial charge in [0.2, 0.25) is 0 Å². The maximum atomic E-state index is 13.1. The summed E-state index contributed by atoms with van der Waals surface area (Å²) in [5, 5.41) is 10.6. The van der Waals surface area contributed by atoms with Crippen LogP contribution in [0.5, 0.6) is 0 Å². The second kappa shape index (κ2) is 72.1. The van der Waals surface area contributed by atoms with Gasteiger partial charge in [0.05, 0.1) is 26.4 Å². The van der Waals surface area contributed by atoms with E-state index in [2.05, 4.69) is 65.8 Å². The number of esters is 4. The zero-order valence-electron chi connectivity index (χ0n) is 65.0. The molecule has 590 valence electrons. The number of carbonyl (C=O) groups excluding carboxylic acids is 4. The van der Waals surface area contributed by atoms with E-state index in [9.17, 15) is 43.2 Å². The standard InChI is InChI=1S/C81H154O17P2/c1-7-10-12-14-16-18-20-22-23-28-34-40-46-52-58-64-79(84)92-69-76(97-80(85)65-59-53-47-41-35-29-25-24-27-32-38-44-50-56-62-74(6)9-3)71-95-99(87,88)93-67-75(82)68-94-100(89,90)96-72-77(70-91-78(83)63-57-51-45-39-33-26-21-19-17-15-13-11-8-2)98-81(86)66-60-54-48-42-36-30-31-37-43-49-55-61-73(4)5/h18,20,22-23,73-77,82H,7-17,19,21,24-72H2,1-6H3,(H,87,88)(H,89,90)/b20-18-,23-22-/t74?,75-,76-,77-/m1/s1. The second-order valence-electron chi connectivity index (χ2n) is 29.2. The lowest BCUT2D eigenvalue weighted by molar-refractivity contribution is -0.161. The highest BCUT2D eigenvalue weighted by Gasteiger charge is 2.30. The fraction of sp³-hybridized carbons (Fsp3) is 0.901. The molecule has 0 saturated heterocycles. The van der Waals surface area contributed by atoms with Crippen LogP contribution in [0.1, 0.15) is 401 Å². The van der Waals surface area contributed by atoms with Crippen molar-refractivity contribution in [2.24, 2.45) is 11.8 Å². The molecule has 6 atom stereocenters. The minimum Gasteiger partial charge on any atom is -0.462 e. The smallest absolute Gasteiger partial charge is 0.462 e. The highest BCUT2D eigenvalue weighted by atomic mass is 31.2. The van der Waals surface area contributed by atoms with Crippen molar-refractivity contribution in [2.75, 3.05) is 39.6 Å². The van der Waals surface area contributed by atoms with Gasteiger partial charge in [0.25, 0.3) is 0 Å². The molecule has 100 heavy (non-hydrogen) atoms. The molecular formula is C81H154O17P2. The van der Waals surface area contributed by atoms with Crippen LogP contribution < -0.4 is 0 Å². The van der Waals surface area contributed by atoms with Gasteiger partial charge in [-0.3, -0.25) is 37.3 Å². The SMILES string of the molecule is CCCCCC/C=C\C=C/CCCCCCCC(=O)OC[C@H](COP(=O)(O)OC[C@@H](O)COP(=O)(O)OC[C@@H](COC(=O)CCCCCCCCCCCCCCC)OC(=O)CCCCCCCCCCCCCC(C)C)OC(=O)CCCCCCCCCCCCCCCCC(C)CC. The lowest BCUT2D eigenvalue weighted by Crippen LogP contribution is -2.30. The van der Waals surface area contributed by atoms with E-state index >= 15 is 0 Å². The van der Waals surface area contributed by atoms with Crippen LogP contribution in [0.3, 0.4) is 0 Å². The van der Waals surface area contributed by atoms with E-state index < -0.39 is 97.5 Å². The number of unbranched alkanes of at least 4 members (excludes halogenated alkanes) is 44. The Bertz CT molecular complexity index is 2020. The largest absolute Gasteiger partial charge is 0.472 e. The first kappa shape index (κ1) is 97.5. The van der Waals surface area contributed by atoms with Crippen molar-refractivity contribution < 1.29 is 80.2 Å². The van der Waals surface area contributed by atoms with E-state index in [1.807, 2.05) is 0 Å². The minimum absolute atomic E-state index is 0.101. The molecule has 0 aliphatic rings. The Hall–Kier alpha value is -2.46. The topological polar surface area (TPSA) is 237 Å². The van der Waals surface area contributed by atoms with Crippen molar-refractivity contribution in [3.05, 3.63) is 24.3 Å². The number of aliphatic hydroxyl groups is 1. The Kier molecular flexibility index (Phi) is 70.3. The average Bonchev–Trinajstić information content (AvgIpc) is 0.925. The number of aliphatic hydroxyl groups excluding tert-OH is 1. The highest BCUT2D eigenvalue weighted by molar-refractivity contribution is 7.47. The van der Waals surface area contributed by atoms with Crippen LogP contribution in [0.2, 0.25) is 0 Å². The van der Waals surface area contributed by atoms with Gasteiger partial charge in [-0.1, -0.05) is 348 Å². The van der Waals surface area contributed by atoms with E-state index in [0.29, 0.717) is 25.7 Å². The van der Waals surface area contributed by atoms with Gasteiger partial charge >= 0.3 is 39.5 Å². The summed E-state index contributed by atoms with van der Waals surface area (Å²) in [4.78, 5) is 73.0. The quantitative estimate of drug-likeness (QED) is 0.0169. The van der Waals surface area contributed by atoms with Crippen LogP contribution in [-0.2, 0) is 65.4 Å². The minimum atomic E-state index is -4.97. The summed E-state index contributed by atoms with van der Waals surface area (Å²) in [7, 11) is -9.93. The third kappa shape index (κ3) is 72.5. The van der Waals surface area contributed by atoms with Crippen molar-refractivity contribution in [1.29, 1.82) is 0 Å². The maximum Gasteiger partial charge on any atom is 0.472 e. The molecule has 0 fully saturated rings. The van der Waals surface area contributed by atoms with Crippen molar-refractivity contribution >= 4 is 39.5 Å². The summed E-state index contributed by atoms with van der Waals surface area (Å²) >= 11 is 0. The number of rotatable bonds is 78. The van der Waals surface area contributed by atoms with Gasteiger partial charge in [0.1, 0.15) is 19.3 Å². The summed E-state index contributed by atoms with van der Waals surface area (Å²) in [5.41, 5.74) is 0. The Labute approximate surface area is 612 Å². The van der Waals surface area contributed by atoms with Crippen molar-refractivity contribution in [3.8, 4) is 0 Å². The summed E-state index contributed by atoms with van der Waals surface area (Å²) in [6.45, 7) is 9.62. The first-order chi connectivity index (χ1) is 48.4. The van der Waals surface area contributed by atoms with Crippen LogP contribution in [-0.4, -0.2) is 96.7 Å². The molecule has 0 aromatic carbocycles.